The zero-order valence-electron chi connectivity index (χ0n) is 4.96. The lowest BCUT2D eigenvalue weighted by Gasteiger charge is -1.95. The maximum Gasteiger partial charge on any atom is 0.0117 e. The highest BCUT2D eigenvalue weighted by Crippen LogP contribution is 1.98. The molecule has 0 aliphatic heterocycles. The van der Waals surface area contributed by atoms with Crippen molar-refractivity contribution in [2.24, 2.45) is 0 Å². The Hall–Kier alpha value is -0.980. The van der Waals surface area contributed by atoms with Gasteiger partial charge in [0.05, 0.1) is 0 Å². The normalized spacial score (nSPS) is 9.12. The summed E-state index contributed by atoms with van der Waals surface area (Å²) in [6, 6.07) is 3.96. The van der Waals surface area contributed by atoms with Crippen molar-refractivity contribution >= 4 is 5.70 Å². The van der Waals surface area contributed by atoms with Gasteiger partial charge in [0.2, 0.25) is 0 Å². The summed E-state index contributed by atoms with van der Waals surface area (Å²) in [6.07, 6.45) is 3.95. The van der Waals surface area contributed by atoms with Crippen LogP contribution in [-0.2, 0) is 0 Å². The number of allylic oxidation sites excluding steroid dienone is 1. The fourth-order valence-electron chi connectivity index (χ4n) is 0.589. The van der Waals surface area contributed by atoms with E-state index in [9.17, 15) is 0 Å². The van der Waals surface area contributed by atoms with Gasteiger partial charge in [-0.2, -0.15) is 0 Å². The van der Waals surface area contributed by atoms with Crippen LogP contribution in [0, 0.1) is 0 Å². The van der Waals surface area contributed by atoms with E-state index in [-0.39, 0.29) is 0 Å². The zero-order chi connectivity index (χ0) is 5.98. The van der Waals surface area contributed by atoms with Crippen LogP contribution in [0.1, 0.15) is 6.92 Å². The Balaban J connectivity index is 2.93. The minimum absolute atomic E-state index is 1.05. The average Bonchev–Trinajstić information content (AvgIpc) is 2.12. The van der Waals surface area contributed by atoms with E-state index in [1.165, 1.54) is 0 Å². The highest BCUT2D eigenvalue weighted by Gasteiger charge is 1.82. The largest absolute Gasteiger partial charge is 0.328 e. The molecule has 42 valence electrons. The van der Waals surface area contributed by atoms with Crippen molar-refractivity contribution in [1.82, 2.24) is 4.57 Å². The Kier molecular flexibility index (Phi) is 1.20. The topological polar surface area (TPSA) is 4.93 Å². The first kappa shape index (κ1) is 5.16. The van der Waals surface area contributed by atoms with Crippen molar-refractivity contribution in [3.05, 3.63) is 31.1 Å². The smallest absolute Gasteiger partial charge is 0.0117 e. The number of hydrogen-bond acceptors (Lipinski definition) is 0. The molecule has 0 amide bonds. The molecule has 1 aromatic rings. The van der Waals surface area contributed by atoms with Crippen LogP contribution in [-0.4, -0.2) is 4.57 Å². The van der Waals surface area contributed by atoms with Crippen molar-refractivity contribution in [3.63, 3.8) is 0 Å². The van der Waals surface area contributed by atoms with Crippen LogP contribution in [0.5, 0.6) is 0 Å². The molecule has 0 atom stereocenters. The number of rotatable bonds is 1. The molecule has 0 bridgehead atoms. The second-order valence-corrected chi connectivity index (χ2v) is 1.83. The van der Waals surface area contributed by atoms with Crippen molar-refractivity contribution in [2.75, 3.05) is 0 Å². The van der Waals surface area contributed by atoms with E-state index in [0.29, 0.717) is 0 Å². The summed E-state index contributed by atoms with van der Waals surface area (Å²) in [7, 11) is 0. The summed E-state index contributed by atoms with van der Waals surface area (Å²) >= 11 is 0. The third-order valence-electron chi connectivity index (χ3n) is 1.05. The number of nitrogens with zero attached hydrogens (tertiary/aromatic N) is 1. The van der Waals surface area contributed by atoms with Gasteiger partial charge in [0, 0.05) is 18.1 Å². The molecule has 0 unspecified atom stereocenters. The average molecular weight is 107 g/mol. The molecule has 1 nitrogen and oxygen atoms in total. The summed E-state index contributed by atoms with van der Waals surface area (Å²) in [5, 5.41) is 0. The molecule has 0 fully saturated rings. The highest BCUT2D eigenvalue weighted by molar-refractivity contribution is 5.37. The lowest BCUT2D eigenvalue weighted by molar-refractivity contribution is 1.11. The van der Waals surface area contributed by atoms with Crippen LogP contribution in [0.25, 0.3) is 5.70 Å². The number of aromatic nitrogens is 1. The molecule has 0 aliphatic rings. The van der Waals surface area contributed by atoms with Crippen LogP contribution in [0.2, 0.25) is 0 Å². The molecule has 8 heavy (non-hydrogen) atoms. The van der Waals surface area contributed by atoms with Crippen LogP contribution in [0.3, 0.4) is 0 Å². The second-order valence-electron chi connectivity index (χ2n) is 1.83. The van der Waals surface area contributed by atoms with E-state index in [4.69, 9.17) is 0 Å². The maximum atomic E-state index is 3.76. The molecule has 0 spiro atoms. The Morgan fingerprint density at radius 3 is 2.12 bits per heavy atom. The van der Waals surface area contributed by atoms with Crippen molar-refractivity contribution in [1.29, 1.82) is 0 Å². The van der Waals surface area contributed by atoms with Gasteiger partial charge in [-0.25, -0.2) is 0 Å². The van der Waals surface area contributed by atoms with Crippen LogP contribution in [0.4, 0.5) is 0 Å². The molecule has 0 radical (unpaired) electrons. The van der Waals surface area contributed by atoms with Gasteiger partial charge in [-0.05, 0) is 19.1 Å². The lowest BCUT2D eigenvalue weighted by atomic mass is 10.6. The maximum absolute atomic E-state index is 3.76. The molecule has 0 aromatic carbocycles. The molecular weight excluding hydrogens is 98.1 g/mol. The third-order valence-corrected chi connectivity index (χ3v) is 1.05. The van der Waals surface area contributed by atoms with Gasteiger partial charge in [0.15, 0.2) is 0 Å². The fourth-order valence-corrected chi connectivity index (χ4v) is 0.589. The van der Waals surface area contributed by atoms with E-state index in [2.05, 4.69) is 6.58 Å². The van der Waals surface area contributed by atoms with Gasteiger partial charge in [0.25, 0.3) is 0 Å². The number of hydrogen-bond donors (Lipinski definition) is 0. The first-order valence-corrected chi connectivity index (χ1v) is 2.59. The summed E-state index contributed by atoms with van der Waals surface area (Å²) in [5.74, 6) is 0. The van der Waals surface area contributed by atoms with Crippen molar-refractivity contribution < 1.29 is 0 Å². The minimum atomic E-state index is 1.05. The van der Waals surface area contributed by atoms with Gasteiger partial charge in [-0.1, -0.05) is 6.58 Å². The molecular formula is C7H9N. The Bertz CT molecular complexity index is 172. The molecule has 0 N–H and O–H groups in total. The Morgan fingerprint density at radius 2 is 1.88 bits per heavy atom. The molecule has 1 rings (SSSR count). The predicted octanol–water partition coefficient (Wildman–Crippen LogP) is 1.98. The second kappa shape index (κ2) is 1.86. The van der Waals surface area contributed by atoms with Gasteiger partial charge >= 0.3 is 0 Å². The summed E-state index contributed by atoms with van der Waals surface area (Å²) in [4.78, 5) is 0. The van der Waals surface area contributed by atoms with E-state index in [0.717, 1.165) is 5.70 Å². The summed E-state index contributed by atoms with van der Waals surface area (Å²) in [5.41, 5.74) is 1.05. The highest BCUT2D eigenvalue weighted by atomic mass is 14.9. The van der Waals surface area contributed by atoms with Crippen LogP contribution >= 0.6 is 0 Å². The van der Waals surface area contributed by atoms with E-state index in [1.54, 1.807) is 0 Å². The lowest BCUT2D eigenvalue weighted by Crippen LogP contribution is -1.83. The van der Waals surface area contributed by atoms with Gasteiger partial charge in [-0.15, -0.1) is 0 Å². The van der Waals surface area contributed by atoms with Crippen molar-refractivity contribution in [2.45, 2.75) is 6.92 Å². The molecule has 1 heteroatoms. The van der Waals surface area contributed by atoms with E-state index in [1.807, 2.05) is 36.0 Å². The standard InChI is InChI=1S/C7H9N/c1-7(2)8-5-3-4-6-8/h3-6H,1H2,2H3. The van der Waals surface area contributed by atoms with Gasteiger partial charge in [0.1, 0.15) is 0 Å². The zero-order valence-corrected chi connectivity index (χ0v) is 4.96. The molecule has 1 heterocycles. The van der Waals surface area contributed by atoms with E-state index >= 15 is 0 Å². The molecule has 0 saturated carbocycles. The molecule has 0 aliphatic carbocycles. The van der Waals surface area contributed by atoms with Gasteiger partial charge in [-0.3, -0.25) is 0 Å². The predicted molar refractivity (Wildman–Crippen MR) is 35.4 cm³/mol. The van der Waals surface area contributed by atoms with Crippen LogP contribution in [0.15, 0.2) is 31.1 Å². The SMILES string of the molecule is C=C(C)n1cccc1. The summed E-state index contributed by atoms with van der Waals surface area (Å²) in [6.45, 7) is 5.73. The minimum Gasteiger partial charge on any atom is -0.328 e. The monoisotopic (exact) mass is 107 g/mol. The fraction of sp³-hybridized carbons (Fsp3) is 0.143. The quantitative estimate of drug-likeness (QED) is 0.517. The first-order valence-electron chi connectivity index (χ1n) is 2.59. The first-order chi connectivity index (χ1) is 3.80. The third kappa shape index (κ3) is 0.808. The van der Waals surface area contributed by atoms with Crippen LogP contribution < -0.4 is 0 Å². The van der Waals surface area contributed by atoms with Gasteiger partial charge < -0.3 is 4.57 Å². The molecule has 0 saturated heterocycles. The Morgan fingerprint density at radius 1 is 1.38 bits per heavy atom. The van der Waals surface area contributed by atoms with E-state index < -0.39 is 0 Å². The summed E-state index contributed by atoms with van der Waals surface area (Å²) < 4.78 is 1.97. The Labute approximate surface area is 49.3 Å². The van der Waals surface area contributed by atoms with Crippen molar-refractivity contribution in [3.8, 4) is 0 Å². The molecule has 1 aromatic heterocycles.